The molecule has 0 amide bonds. The van der Waals surface area contributed by atoms with Gasteiger partial charge in [-0.2, -0.15) is 0 Å². The molecule has 0 spiro atoms. The van der Waals surface area contributed by atoms with Gasteiger partial charge >= 0.3 is 0 Å². The molecule has 2 unspecified atom stereocenters. The van der Waals surface area contributed by atoms with Crippen LogP contribution in [0.5, 0.6) is 5.75 Å². The van der Waals surface area contributed by atoms with E-state index in [9.17, 15) is 5.11 Å². The molecule has 96 valence electrons. The van der Waals surface area contributed by atoms with Gasteiger partial charge in [0.15, 0.2) is 0 Å². The molecule has 1 rings (SSSR count). The van der Waals surface area contributed by atoms with Crippen molar-refractivity contribution in [1.29, 1.82) is 0 Å². The highest BCUT2D eigenvalue weighted by molar-refractivity contribution is 5.29. The van der Waals surface area contributed by atoms with E-state index in [2.05, 4.69) is 24.0 Å². The third kappa shape index (κ3) is 3.45. The minimum Gasteiger partial charge on any atom is -0.497 e. The molecule has 2 atom stereocenters. The third-order valence-electron chi connectivity index (χ3n) is 3.22. The third-order valence-corrected chi connectivity index (χ3v) is 3.22. The molecule has 3 nitrogen and oxygen atoms in total. The maximum atomic E-state index is 9.46. The topological polar surface area (TPSA) is 32.7 Å². The zero-order valence-corrected chi connectivity index (χ0v) is 11.2. The molecule has 3 heteroatoms. The van der Waals surface area contributed by atoms with Crippen LogP contribution in [0.25, 0.3) is 0 Å². The highest BCUT2D eigenvalue weighted by Crippen LogP contribution is 2.29. The first kappa shape index (κ1) is 14.0. The van der Waals surface area contributed by atoms with Gasteiger partial charge in [0.05, 0.1) is 7.11 Å². The number of aliphatic hydroxyl groups excluding tert-OH is 1. The lowest BCUT2D eigenvalue weighted by atomic mass is 9.90. The Morgan fingerprint density at radius 2 is 1.82 bits per heavy atom. The summed E-state index contributed by atoms with van der Waals surface area (Å²) in [5.74, 6) is 1.13. The smallest absolute Gasteiger partial charge is 0.118 e. The first-order valence-corrected chi connectivity index (χ1v) is 6.05. The largest absolute Gasteiger partial charge is 0.497 e. The summed E-state index contributed by atoms with van der Waals surface area (Å²) in [5, 5.41) is 9.46. The Morgan fingerprint density at radius 1 is 1.24 bits per heavy atom. The Morgan fingerprint density at radius 3 is 2.18 bits per heavy atom. The van der Waals surface area contributed by atoms with E-state index in [0.717, 1.165) is 12.2 Å². The van der Waals surface area contributed by atoms with Crippen LogP contribution in [0.4, 0.5) is 0 Å². The Bertz CT molecular complexity index is 317. The van der Waals surface area contributed by atoms with Crippen LogP contribution < -0.4 is 4.74 Å². The maximum Gasteiger partial charge on any atom is 0.118 e. The van der Waals surface area contributed by atoms with Crippen molar-refractivity contribution in [2.75, 3.05) is 27.8 Å². The molecule has 0 fully saturated rings. The van der Waals surface area contributed by atoms with Crippen LogP contribution in [-0.2, 0) is 0 Å². The van der Waals surface area contributed by atoms with Crippen molar-refractivity contribution in [2.24, 2.45) is 5.92 Å². The average Bonchev–Trinajstić information content (AvgIpc) is 2.35. The van der Waals surface area contributed by atoms with Crippen molar-refractivity contribution >= 4 is 0 Å². The van der Waals surface area contributed by atoms with Crippen molar-refractivity contribution in [2.45, 2.75) is 19.4 Å². The molecule has 1 N–H and O–H groups in total. The van der Waals surface area contributed by atoms with E-state index in [1.54, 1.807) is 7.11 Å². The molecule has 0 aromatic heterocycles. The van der Waals surface area contributed by atoms with Crippen LogP contribution in [0.15, 0.2) is 24.3 Å². The van der Waals surface area contributed by atoms with Gasteiger partial charge in [-0.25, -0.2) is 0 Å². The normalized spacial score (nSPS) is 14.7. The second-order valence-electron chi connectivity index (χ2n) is 4.53. The van der Waals surface area contributed by atoms with Crippen molar-refractivity contribution < 1.29 is 9.84 Å². The van der Waals surface area contributed by atoms with Gasteiger partial charge in [-0.1, -0.05) is 19.1 Å². The first-order valence-electron chi connectivity index (χ1n) is 6.05. The molecule has 0 aliphatic heterocycles. The summed E-state index contributed by atoms with van der Waals surface area (Å²) in [6, 6.07) is 8.33. The number of hydrogen-bond donors (Lipinski definition) is 1. The maximum absolute atomic E-state index is 9.46. The van der Waals surface area contributed by atoms with Gasteiger partial charge < -0.3 is 14.7 Å². The number of rotatable bonds is 6. The van der Waals surface area contributed by atoms with Crippen LogP contribution in [0.3, 0.4) is 0 Å². The monoisotopic (exact) mass is 237 g/mol. The number of methoxy groups -OCH3 is 1. The van der Waals surface area contributed by atoms with E-state index >= 15 is 0 Å². The van der Waals surface area contributed by atoms with Crippen molar-refractivity contribution in [3.8, 4) is 5.75 Å². The Kier molecular flexibility index (Phi) is 5.45. The second kappa shape index (κ2) is 6.62. The number of benzene rings is 1. The van der Waals surface area contributed by atoms with E-state index in [1.165, 1.54) is 5.56 Å². The molecule has 0 bridgehead atoms. The molecule has 0 aliphatic rings. The lowest BCUT2D eigenvalue weighted by molar-refractivity contribution is 0.130. The van der Waals surface area contributed by atoms with E-state index < -0.39 is 0 Å². The Hall–Kier alpha value is -1.06. The molecular weight excluding hydrogens is 214 g/mol. The van der Waals surface area contributed by atoms with Gasteiger partial charge in [-0.3, -0.25) is 0 Å². The average molecular weight is 237 g/mol. The number of aliphatic hydroxyl groups is 1. The molecule has 0 aliphatic carbocycles. The van der Waals surface area contributed by atoms with Gasteiger partial charge in [0.25, 0.3) is 0 Å². The SMILES string of the molecule is CCC(CO)C(c1ccc(OC)cc1)N(C)C. The van der Waals surface area contributed by atoms with E-state index in [0.29, 0.717) is 0 Å². The lowest BCUT2D eigenvalue weighted by Gasteiger charge is -2.31. The van der Waals surface area contributed by atoms with Crippen molar-refractivity contribution in [3.05, 3.63) is 29.8 Å². The second-order valence-corrected chi connectivity index (χ2v) is 4.53. The quantitative estimate of drug-likeness (QED) is 0.824. The zero-order valence-electron chi connectivity index (χ0n) is 11.2. The van der Waals surface area contributed by atoms with Gasteiger partial charge in [-0.05, 0) is 38.2 Å². The summed E-state index contributed by atoms with van der Waals surface area (Å²) in [7, 11) is 5.77. The minimum absolute atomic E-state index is 0.214. The van der Waals surface area contributed by atoms with E-state index in [-0.39, 0.29) is 18.6 Å². The summed E-state index contributed by atoms with van der Waals surface area (Å²) in [6.07, 6.45) is 0.964. The summed E-state index contributed by atoms with van der Waals surface area (Å²) in [4.78, 5) is 2.16. The van der Waals surface area contributed by atoms with E-state index in [1.807, 2.05) is 26.2 Å². The van der Waals surface area contributed by atoms with Crippen LogP contribution >= 0.6 is 0 Å². The summed E-state index contributed by atoms with van der Waals surface area (Å²) < 4.78 is 5.16. The van der Waals surface area contributed by atoms with Gasteiger partial charge in [0.1, 0.15) is 5.75 Å². The molecule has 17 heavy (non-hydrogen) atoms. The summed E-state index contributed by atoms with van der Waals surface area (Å²) in [6.45, 7) is 2.33. The predicted molar refractivity (Wildman–Crippen MR) is 70.3 cm³/mol. The van der Waals surface area contributed by atoms with Crippen molar-refractivity contribution in [3.63, 3.8) is 0 Å². The molecule has 0 radical (unpaired) electrons. The lowest BCUT2D eigenvalue weighted by Crippen LogP contribution is -2.29. The molecule has 1 aromatic carbocycles. The predicted octanol–water partition coefficient (Wildman–Crippen LogP) is 2.32. The number of hydrogen-bond acceptors (Lipinski definition) is 3. The minimum atomic E-state index is 0.214. The molecule has 0 saturated heterocycles. The Balaban J connectivity index is 2.96. The summed E-state index contributed by atoms with van der Waals surface area (Å²) >= 11 is 0. The number of nitrogens with zero attached hydrogens (tertiary/aromatic N) is 1. The first-order chi connectivity index (χ1) is 8.13. The Labute approximate surface area is 104 Å². The fourth-order valence-electron chi connectivity index (χ4n) is 2.25. The van der Waals surface area contributed by atoms with Gasteiger partial charge in [0.2, 0.25) is 0 Å². The van der Waals surface area contributed by atoms with Crippen LogP contribution in [0, 0.1) is 5.92 Å². The summed E-state index contributed by atoms with van der Waals surface area (Å²) in [5.41, 5.74) is 1.22. The zero-order chi connectivity index (χ0) is 12.8. The fourth-order valence-corrected chi connectivity index (χ4v) is 2.25. The number of ether oxygens (including phenoxy) is 1. The van der Waals surface area contributed by atoms with Crippen LogP contribution in [-0.4, -0.2) is 37.8 Å². The highest BCUT2D eigenvalue weighted by atomic mass is 16.5. The standard InChI is InChI=1S/C14H23NO2/c1-5-11(10-16)14(15(2)3)12-6-8-13(17-4)9-7-12/h6-9,11,14,16H,5,10H2,1-4H3. The van der Waals surface area contributed by atoms with Crippen molar-refractivity contribution in [1.82, 2.24) is 4.90 Å². The molecule has 0 saturated carbocycles. The van der Waals surface area contributed by atoms with E-state index in [4.69, 9.17) is 4.74 Å². The molecular formula is C14H23NO2. The van der Waals surface area contributed by atoms with Gasteiger partial charge in [0, 0.05) is 18.6 Å². The fraction of sp³-hybridized carbons (Fsp3) is 0.571. The highest BCUT2D eigenvalue weighted by Gasteiger charge is 2.23. The van der Waals surface area contributed by atoms with Crippen LogP contribution in [0.1, 0.15) is 24.9 Å². The molecule has 0 heterocycles. The van der Waals surface area contributed by atoms with Gasteiger partial charge in [-0.15, -0.1) is 0 Å². The van der Waals surface area contributed by atoms with Crippen LogP contribution in [0.2, 0.25) is 0 Å². The molecule has 1 aromatic rings.